The van der Waals surface area contributed by atoms with Crippen LogP contribution in [-0.4, -0.2) is 24.1 Å². The zero-order valence-electron chi connectivity index (χ0n) is 28.9. The molecule has 4 aliphatic heterocycles. The number of hydrogen-bond donors (Lipinski definition) is 0. The monoisotopic (exact) mass is 638 g/mol. The fourth-order valence-electron chi connectivity index (χ4n) is 7.54. The highest BCUT2D eigenvalue weighted by Gasteiger charge is 2.42. The molecule has 2 aromatic heterocycles. The molecule has 6 atom stereocenters. The average molecular weight is 639 g/mol. The highest BCUT2D eigenvalue weighted by atomic mass is 16.6. The molecule has 6 rings (SSSR count). The second kappa shape index (κ2) is 12.5. The quantitative estimate of drug-likeness (QED) is 0.243. The van der Waals surface area contributed by atoms with Crippen molar-refractivity contribution in [3.63, 3.8) is 0 Å². The van der Waals surface area contributed by atoms with E-state index in [0.717, 1.165) is 56.1 Å². The molecule has 7 heteroatoms. The second-order valence-electron chi connectivity index (χ2n) is 14.1. The Balaban J connectivity index is 1.52. The van der Waals surface area contributed by atoms with E-state index in [2.05, 4.69) is 13.2 Å². The third-order valence-electron chi connectivity index (χ3n) is 10.0. The minimum Gasteiger partial charge on any atom is -0.458 e. The van der Waals surface area contributed by atoms with Crippen molar-refractivity contribution in [1.29, 1.82) is 0 Å². The molecule has 0 saturated heterocycles. The number of fused-ring (bicyclic) bond motifs is 6. The summed E-state index contributed by atoms with van der Waals surface area (Å²) >= 11 is 0. The summed E-state index contributed by atoms with van der Waals surface area (Å²) in [6.45, 7) is 24.9. The maximum absolute atomic E-state index is 13.0. The van der Waals surface area contributed by atoms with Gasteiger partial charge in [-0.15, -0.1) is 0 Å². The summed E-state index contributed by atoms with van der Waals surface area (Å²) in [5.74, 6) is 1.80. The van der Waals surface area contributed by atoms with Gasteiger partial charge >= 0.3 is 11.9 Å². The summed E-state index contributed by atoms with van der Waals surface area (Å²) in [4.78, 5) is 26.0. The predicted octanol–water partition coefficient (Wildman–Crippen LogP) is 9.55. The van der Waals surface area contributed by atoms with Gasteiger partial charge in [-0.3, -0.25) is 0 Å². The first-order chi connectivity index (χ1) is 22.2. The van der Waals surface area contributed by atoms with E-state index < -0.39 is 24.4 Å². The third-order valence-corrected chi connectivity index (χ3v) is 10.0. The summed E-state index contributed by atoms with van der Waals surface area (Å²) in [5.41, 5.74) is 8.78. The molecule has 0 aromatic carbocycles. The first-order valence-corrected chi connectivity index (χ1v) is 16.6. The van der Waals surface area contributed by atoms with Gasteiger partial charge < -0.3 is 23.0 Å². The van der Waals surface area contributed by atoms with Gasteiger partial charge in [0.15, 0.2) is 0 Å². The van der Waals surface area contributed by atoms with Crippen molar-refractivity contribution < 1.29 is 32.6 Å². The lowest BCUT2D eigenvalue weighted by Gasteiger charge is -2.34. The Labute approximate surface area is 277 Å². The Morgan fingerprint density at radius 2 is 1.06 bits per heavy atom. The summed E-state index contributed by atoms with van der Waals surface area (Å²) in [7, 11) is 0. The zero-order valence-corrected chi connectivity index (χ0v) is 28.9. The van der Waals surface area contributed by atoms with E-state index in [0.29, 0.717) is 48.3 Å². The lowest BCUT2D eigenvalue weighted by Crippen LogP contribution is -2.26. The molecule has 0 saturated carbocycles. The van der Waals surface area contributed by atoms with Crippen molar-refractivity contribution in [3.8, 4) is 0 Å². The van der Waals surface area contributed by atoms with Crippen LogP contribution in [0.2, 0.25) is 0 Å². The van der Waals surface area contributed by atoms with E-state index in [-0.39, 0.29) is 23.8 Å². The van der Waals surface area contributed by atoms with E-state index in [9.17, 15) is 9.59 Å². The van der Waals surface area contributed by atoms with Crippen LogP contribution in [0.3, 0.4) is 0 Å². The Kier molecular flexibility index (Phi) is 8.73. The molecule has 248 valence electrons. The van der Waals surface area contributed by atoms with Crippen molar-refractivity contribution >= 4 is 23.1 Å². The molecule has 47 heavy (non-hydrogen) atoms. The molecule has 0 fully saturated rings. The van der Waals surface area contributed by atoms with E-state index in [4.69, 9.17) is 23.0 Å². The number of rotatable bonds is 4. The first-order valence-electron chi connectivity index (χ1n) is 16.6. The van der Waals surface area contributed by atoms with Gasteiger partial charge in [0.2, 0.25) is 0 Å². The standard InChI is InChI=1S/C40H46O7/c1-19(2)27-13-11-25-17-31(45-39(25)41)33(21(5)6)29-15-23(9)35(43-29)37(27)47-38-28(20(3)4)14-12-26-18-32(46-40(26)42)34(22(7)8)30-16-24(10)36(38)44-30/h15-18,27-28,31-32,37-38H,1,3,11-14H2,2,4-10H3/t27-,28-,31+,32+,37-,38-/m0/s1. The van der Waals surface area contributed by atoms with Gasteiger partial charge in [-0.2, -0.15) is 0 Å². The smallest absolute Gasteiger partial charge is 0.334 e. The molecule has 0 spiro atoms. The maximum atomic E-state index is 13.0. The highest BCUT2D eigenvalue weighted by molar-refractivity contribution is 5.94. The number of carbonyl (C=O) groups is 2. The number of aryl methyl sites for hydroxylation is 2. The van der Waals surface area contributed by atoms with Crippen molar-refractivity contribution in [2.75, 3.05) is 0 Å². The number of ether oxygens (including phenoxy) is 3. The number of furan rings is 2. The van der Waals surface area contributed by atoms with E-state index in [1.54, 1.807) is 0 Å². The van der Waals surface area contributed by atoms with Gasteiger partial charge in [0.1, 0.15) is 47.5 Å². The van der Waals surface area contributed by atoms with E-state index >= 15 is 0 Å². The molecule has 0 aliphatic carbocycles. The van der Waals surface area contributed by atoms with Crippen molar-refractivity contribution in [2.45, 2.75) is 105 Å². The number of hydrogen-bond acceptors (Lipinski definition) is 7. The van der Waals surface area contributed by atoms with Crippen LogP contribution < -0.4 is 0 Å². The lowest BCUT2D eigenvalue weighted by atomic mass is 9.84. The minimum absolute atomic E-state index is 0.186. The minimum atomic E-state index is -0.540. The van der Waals surface area contributed by atoms with Gasteiger partial charge in [0.25, 0.3) is 0 Å². The van der Waals surface area contributed by atoms with Crippen molar-refractivity contribution in [2.24, 2.45) is 11.8 Å². The largest absolute Gasteiger partial charge is 0.458 e. The maximum Gasteiger partial charge on any atom is 0.334 e. The van der Waals surface area contributed by atoms with Crippen LogP contribution in [0.5, 0.6) is 0 Å². The number of carbonyl (C=O) groups excluding carboxylic acids is 2. The number of esters is 2. The van der Waals surface area contributed by atoms with Gasteiger partial charge in [-0.25, -0.2) is 9.59 Å². The average Bonchev–Trinajstić information content (AvgIpc) is 3.72. The summed E-state index contributed by atoms with van der Waals surface area (Å²) < 4.78 is 32.6. The molecule has 0 N–H and O–H groups in total. The fourth-order valence-corrected chi connectivity index (χ4v) is 7.54. The van der Waals surface area contributed by atoms with E-state index in [1.165, 1.54) is 0 Å². The molecule has 0 unspecified atom stereocenters. The molecule has 0 amide bonds. The van der Waals surface area contributed by atoms with Crippen LogP contribution >= 0.6 is 0 Å². The second-order valence-corrected chi connectivity index (χ2v) is 14.1. The Morgan fingerprint density at radius 3 is 1.40 bits per heavy atom. The van der Waals surface area contributed by atoms with Crippen molar-refractivity contribution in [3.05, 3.63) is 105 Å². The third kappa shape index (κ3) is 5.95. The molecular formula is C40H46O7. The van der Waals surface area contributed by atoms with Crippen LogP contribution in [0.25, 0.3) is 11.1 Å². The molecular weight excluding hydrogens is 592 g/mol. The molecule has 8 bridgehead atoms. The summed E-state index contributed by atoms with van der Waals surface area (Å²) in [6.07, 6.45) is 4.06. The van der Waals surface area contributed by atoms with Crippen molar-refractivity contribution in [1.82, 2.24) is 0 Å². The van der Waals surface area contributed by atoms with Crippen LogP contribution in [-0.2, 0) is 23.8 Å². The van der Waals surface area contributed by atoms with Crippen LogP contribution in [0.1, 0.15) is 114 Å². The van der Waals surface area contributed by atoms with Gasteiger partial charge in [-0.1, -0.05) is 35.5 Å². The predicted molar refractivity (Wildman–Crippen MR) is 181 cm³/mol. The fraction of sp³-hybridized carbons (Fsp3) is 0.450. The molecule has 7 nitrogen and oxygen atoms in total. The molecule has 6 heterocycles. The number of allylic oxidation sites excluding steroid dienone is 2. The first kappa shape index (κ1) is 32.8. The summed E-state index contributed by atoms with van der Waals surface area (Å²) in [5, 5.41) is 0. The molecule has 4 aliphatic rings. The molecule has 2 aromatic rings. The van der Waals surface area contributed by atoms with E-state index in [1.807, 2.05) is 79.7 Å². The SMILES string of the molecule is C=C(C)[C@@H]1CCC2=C[C@@H](OC2=O)C(=C(C)C)c2cc(C)c(o2)[C@H]1O[C@@H]1c2oc(cc2C)C(=C(C)C)[C@H]2C=C(CC[C@H]1C(=C)C)C(=O)O2. The van der Waals surface area contributed by atoms with Gasteiger partial charge in [0, 0.05) is 34.1 Å². The topological polar surface area (TPSA) is 88.1 Å². The Hall–Kier alpha value is -4.10. The Bertz CT molecular complexity index is 1660. The van der Waals surface area contributed by atoms with Crippen LogP contribution in [0.15, 0.2) is 79.7 Å². The normalized spacial score (nSPS) is 27.2. The Morgan fingerprint density at radius 1 is 0.681 bits per heavy atom. The van der Waals surface area contributed by atoms with Gasteiger partial charge in [0.05, 0.1) is 0 Å². The zero-order chi connectivity index (χ0) is 33.9. The summed E-state index contributed by atoms with van der Waals surface area (Å²) in [6, 6.07) is 4.04. The van der Waals surface area contributed by atoms with Crippen LogP contribution in [0, 0.1) is 25.7 Å². The van der Waals surface area contributed by atoms with Gasteiger partial charge in [-0.05, 0) is 116 Å². The molecule has 0 radical (unpaired) electrons. The highest BCUT2D eigenvalue weighted by Crippen LogP contribution is 2.49. The lowest BCUT2D eigenvalue weighted by molar-refractivity contribution is -0.139. The van der Waals surface area contributed by atoms with Crippen LogP contribution in [0.4, 0.5) is 0 Å².